The van der Waals surface area contributed by atoms with Crippen LogP contribution in [0.1, 0.15) is 48.4 Å². The van der Waals surface area contributed by atoms with Crippen molar-refractivity contribution in [3.63, 3.8) is 0 Å². The predicted octanol–water partition coefficient (Wildman–Crippen LogP) is 3.76. The monoisotopic (exact) mass is 456 g/mol. The van der Waals surface area contributed by atoms with Crippen LogP contribution in [0.4, 0.5) is 13.2 Å². The Bertz CT molecular complexity index is 878. The van der Waals surface area contributed by atoms with Crippen molar-refractivity contribution in [2.75, 3.05) is 6.54 Å². The lowest BCUT2D eigenvalue weighted by Gasteiger charge is -2.08. The Morgan fingerprint density at radius 3 is 2.32 bits per heavy atom. The van der Waals surface area contributed by atoms with Crippen LogP contribution in [0.3, 0.4) is 0 Å². The molecule has 0 radical (unpaired) electrons. The standard InChI is InChI=1S/C19H26N4OS.C2HF3O/c1-3-16-18(17(4-2)23(22-16)12-11-20)25-15-9-5-13(6-10-15)19(24)21-14-7-8-14;3-2(4,5)1-6/h5-6,9-10,14H,3-4,7-8,11-12,20H2,1-2H3,(H,21,24);1H. The van der Waals surface area contributed by atoms with Gasteiger partial charge in [0.15, 0.2) is 0 Å². The third-order valence-corrected chi connectivity index (χ3v) is 5.65. The fourth-order valence-electron chi connectivity index (χ4n) is 2.82. The van der Waals surface area contributed by atoms with Crippen molar-refractivity contribution in [2.24, 2.45) is 5.73 Å². The molecule has 170 valence electrons. The number of hydrogen-bond donors (Lipinski definition) is 2. The van der Waals surface area contributed by atoms with Crippen molar-refractivity contribution in [1.29, 1.82) is 0 Å². The molecule has 3 N–H and O–H groups in total. The maximum absolute atomic E-state index is 12.1. The van der Waals surface area contributed by atoms with E-state index in [-0.39, 0.29) is 5.91 Å². The van der Waals surface area contributed by atoms with E-state index in [1.165, 1.54) is 10.6 Å². The van der Waals surface area contributed by atoms with Crippen LogP contribution in [0.25, 0.3) is 0 Å². The second kappa shape index (κ2) is 11.3. The first-order valence-corrected chi connectivity index (χ1v) is 10.9. The first kappa shape index (κ1) is 24.9. The molecule has 10 heteroatoms. The molecule has 1 fully saturated rings. The maximum Gasteiger partial charge on any atom is 0.446 e. The Morgan fingerprint density at radius 2 is 1.87 bits per heavy atom. The summed E-state index contributed by atoms with van der Waals surface area (Å²) in [5, 5.41) is 7.74. The van der Waals surface area contributed by atoms with Crippen molar-refractivity contribution in [3.05, 3.63) is 41.2 Å². The number of benzene rings is 1. The Hall–Kier alpha value is -2.33. The Kier molecular flexibility index (Phi) is 9.12. The number of nitrogens with two attached hydrogens (primary N) is 1. The van der Waals surface area contributed by atoms with Gasteiger partial charge in [-0.25, -0.2) is 0 Å². The fourth-order valence-corrected chi connectivity index (χ4v) is 4.00. The van der Waals surface area contributed by atoms with Crippen molar-refractivity contribution in [2.45, 2.75) is 68.1 Å². The molecule has 1 aromatic heterocycles. The van der Waals surface area contributed by atoms with Gasteiger partial charge in [-0.05, 0) is 49.9 Å². The average Bonchev–Trinajstić information content (AvgIpc) is 3.49. The minimum absolute atomic E-state index is 0.0262. The summed E-state index contributed by atoms with van der Waals surface area (Å²) >= 11 is 1.73. The van der Waals surface area contributed by atoms with Crippen LogP contribution in [0.5, 0.6) is 0 Å². The number of alkyl halides is 3. The molecule has 1 aliphatic carbocycles. The number of halogens is 3. The molecule has 1 heterocycles. The van der Waals surface area contributed by atoms with Gasteiger partial charge in [-0.1, -0.05) is 25.6 Å². The normalized spacial score (nSPS) is 13.4. The van der Waals surface area contributed by atoms with E-state index < -0.39 is 12.5 Å². The molecule has 0 atom stereocenters. The third kappa shape index (κ3) is 7.70. The molecule has 1 amide bonds. The lowest BCUT2D eigenvalue weighted by molar-refractivity contribution is -0.156. The summed E-state index contributed by atoms with van der Waals surface area (Å²) < 4.78 is 33.3. The minimum Gasteiger partial charge on any atom is -0.349 e. The number of aldehydes is 1. The molecule has 0 saturated heterocycles. The lowest BCUT2D eigenvalue weighted by Crippen LogP contribution is -2.25. The fraction of sp³-hybridized carbons (Fsp3) is 0.476. The first-order valence-electron chi connectivity index (χ1n) is 10.1. The number of carbonyl (C=O) groups is 2. The average molecular weight is 457 g/mol. The van der Waals surface area contributed by atoms with Gasteiger partial charge in [0, 0.05) is 23.0 Å². The van der Waals surface area contributed by atoms with Gasteiger partial charge in [0.25, 0.3) is 5.91 Å². The van der Waals surface area contributed by atoms with Crippen molar-refractivity contribution >= 4 is 24.0 Å². The zero-order valence-corrected chi connectivity index (χ0v) is 18.4. The number of aromatic nitrogens is 2. The van der Waals surface area contributed by atoms with E-state index in [2.05, 4.69) is 19.2 Å². The van der Waals surface area contributed by atoms with E-state index in [4.69, 9.17) is 15.6 Å². The zero-order valence-electron chi connectivity index (χ0n) is 17.5. The number of nitrogens with one attached hydrogen (secondary N) is 1. The third-order valence-electron chi connectivity index (χ3n) is 4.47. The molecule has 6 nitrogen and oxygen atoms in total. The van der Waals surface area contributed by atoms with Crippen LogP contribution in [-0.4, -0.2) is 40.7 Å². The van der Waals surface area contributed by atoms with Crippen LogP contribution in [0, 0.1) is 0 Å². The highest BCUT2D eigenvalue weighted by molar-refractivity contribution is 7.99. The Morgan fingerprint density at radius 1 is 1.26 bits per heavy atom. The number of carbonyl (C=O) groups excluding carboxylic acids is 2. The van der Waals surface area contributed by atoms with Crippen LogP contribution < -0.4 is 11.1 Å². The SMILES string of the molecule is CCc1nn(CCN)c(CC)c1Sc1ccc(C(=O)NC2CC2)cc1.O=CC(F)(F)F. The van der Waals surface area contributed by atoms with Gasteiger partial charge in [-0.3, -0.25) is 14.3 Å². The molecular formula is C21H27F3N4O2S. The van der Waals surface area contributed by atoms with Gasteiger partial charge >= 0.3 is 6.18 Å². The van der Waals surface area contributed by atoms with Gasteiger partial charge in [-0.15, -0.1) is 0 Å². The van der Waals surface area contributed by atoms with Gasteiger partial charge in [0.2, 0.25) is 6.29 Å². The highest BCUT2D eigenvalue weighted by Gasteiger charge is 2.25. The molecule has 2 aromatic rings. The summed E-state index contributed by atoms with van der Waals surface area (Å²) in [6, 6.07) is 8.23. The number of rotatable bonds is 8. The molecule has 1 aromatic carbocycles. The van der Waals surface area contributed by atoms with Gasteiger partial charge in [-0.2, -0.15) is 18.3 Å². The van der Waals surface area contributed by atoms with E-state index in [0.717, 1.165) is 48.4 Å². The quantitative estimate of drug-likeness (QED) is 0.591. The maximum atomic E-state index is 12.1. The molecule has 0 spiro atoms. The molecule has 0 unspecified atom stereocenters. The Labute approximate surface area is 183 Å². The van der Waals surface area contributed by atoms with Gasteiger partial charge in [0.05, 0.1) is 22.8 Å². The Balaban J connectivity index is 0.000000501. The number of hydrogen-bond acceptors (Lipinski definition) is 5. The molecule has 0 bridgehead atoms. The van der Waals surface area contributed by atoms with Crippen LogP contribution >= 0.6 is 11.8 Å². The van der Waals surface area contributed by atoms with Crippen LogP contribution in [0.15, 0.2) is 34.1 Å². The predicted molar refractivity (Wildman–Crippen MR) is 113 cm³/mol. The van der Waals surface area contributed by atoms with E-state index in [1.807, 2.05) is 28.9 Å². The number of amides is 1. The highest BCUT2D eigenvalue weighted by atomic mass is 32.2. The number of aryl methyl sites for hydroxylation is 1. The second-order valence-electron chi connectivity index (χ2n) is 6.98. The molecule has 1 saturated carbocycles. The second-order valence-corrected chi connectivity index (χ2v) is 8.06. The summed E-state index contributed by atoms with van der Waals surface area (Å²) in [6.07, 6.45) is -1.67. The van der Waals surface area contributed by atoms with Gasteiger partial charge in [0.1, 0.15) is 0 Å². The summed E-state index contributed by atoms with van der Waals surface area (Å²) in [6.45, 7) is 5.62. The van der Waals surface area contributed by atoms with Crippen molar-refractivity contribution in [1.82, 2.24) is 15.1 Å². The largest absolute Gasteiger partial charge is 0.446 e. The lowest BCUT2D eigenvalue weighted by atomic mass is 10.2. The smallest absolute Gasteiger partial charge is 0.349 e. The van der Waals surface area contributed by atoms with Crippen molar-refractivity contribution < 1.29 is 22.8 Å². The van der Waals surface area contributed by atoms with E-state index in [1.54, 1.807) is 11.8 Å². The summed E-state index contributed by atoms with van der Waals surface area (Å²) in [5.41, 5.74) is 8.79. The first-order chi connectivity index (χ1) is 14.7. The van der Waals surface area contributed by atoms with Crippen LogP contribution in [-0.2, 0) is 24.2 Å². The van der Waals surface area contributed by atoms with E-state index in [9.17, 15) is 18.0 Å². The molecular weight excluding hydrogens is 429 g/mol. The summed E-state index contributed by atoms with van der Waals surface area (Å²) in [5.74, 6) is 0.0262. The molecule has 31 heavy (non-hydrogen) atoms. The topological polar surface area (TPSA) is 90.0 Å². The molecule has 0 aliphatic heterocycles. The summed E-state index contributed by atoms with van der Waals surface area (Å²) in [7, 11) is 0. The van der Waals surface area contributed by atoms with Gasteiger partial charge < -0.3 is 11.1 Å². The molecule has 3 rings (SSSR count). The highest BCUT2D eigenvalue weighted by Crippen LogP contribution is 2.34. The number of nitrogens with zero attached hydrogens (tertiary/aromatic N) is 2. The zero-order chi connectivity index (χ0) is 23.0. The molecule has 1 aliphatic rings. The van der Waals surface area contributed by atoms with E-state index in [0.29, 0.717) is 12.6 Å². The summed E-state index contributed by atoms with van der Waals surface area (Å²) in [4.78, 5) is 23.2. The van der Waals surface area contributed by atoms with Crippen LogP contribution in [0.2, 0.25) is 0 Å². The minimum atomic E-state index is -4.64. The van der Waals surface area contributed by atoms with E-state index >= 15 is 0 Å². The van der Waals surface area contributed by atoms with Crippen molar-refractivity contribution in [3.8, 4) is 0 Å².